The second kappa shape index (κ2) is 11.1. The first-order valence-electron chi connectivity index (χ1n) is 11.2. The summed E-state index contributed by atoms with van der Waals surface area (Å²) < 4.78 is 0. The number of likely N-dealkylation sites (tertiary alicyclic amines) is 1. The lowest BCUT2D eigenvalue weighted by atomic mass is 9.84. The smallest absolute Gasteiger partial charge is 0.253 e. The van der Waals surface area contributed by atoms with Crippen molar-refractivity contribution in [1.29, 1.82) is 0 Å². The fourth-order valence-corrected chi connectivity index (χ4v) is 4.97. The van der Waals surface area contributed by atoms with Crippen LogP contribution in [0.4, 0.5) is 5.69 Å². The first-order valence-corrected chi connectivity index (χ1v) is 11.2. The summed E-state index contributed by atoms with van der Waals surface area (Å²) in [5, 5.41) is 6.45. The van der Waals surface area contributed by atoms with E-state index < -0.39 is 0 Å². The first-order chi connectivity index (χ1) is 13.8. The Bertz CT molecular complexity index is 723. The molecule has 0 bridgehead atoms. The van der Waals surface area contributed by atoms with Gasteiger partial charge in [0.15, 0.2) is 0 Å². The van der Waals surface area contributed by atoms with Gasteiger partial charge in [0.1, 0.15) is 0 Å². The number of anilines is 1. The highest BCUT2D eigenvalue weighted by Crippen LogP contribution is 2.27. The summed E-state index contributed by atoms with van der Waals surface area (Å²) in [5.41, 5.74) is 2.42. The molecule has 1 aromatic carbocycles. The summed E-state index contributed by atoms with van der Waals surface area (Å²) in [7, 11) is 0. The number of rotatable bonds is 5. The van der Waals surface area contributed by atoms with Crippen LogP contribution in [0.5, 0.6) is 0 Å². The maximum absolute atomic E-state index is 13.0. The molecular weight excluding hydrogens is 398 g/mol. The Balaban J connectivity index is 0.00000320. The summed E-state index contributed by atoms with van der Waals surface area (Å²) in [5.74, 6) is 2.16. The van der Waals surface area contributed by atoms with Crippen molar-refractivity contribution in [2.45, 2.75) is 53.4 Å². The monoisotopic (exact) mass is 435 g/mol. The minimum Gasteiger partial charge on any atom is -0.338 e. The largest absolute Gasteiger partial charge is 0.338 e. The summed E-state index contributed by atoms with van der Waals surface area (Å²) >= 11 is 0. The van der Waals surface area contributed by atoms with Crippen LogP contribution >= 0.6 is 12.4 Å². The van der Waals surface area contributed by atoms with Gasteiger partial charge in [0.2, 0.25) is 5.91 Å². The predicted molar refractivity (Wildman–Crippen MR) is 125 cm³/mol. The Morgan fingerprint density at radius 3 is 2.43 bits per heavy atom. The molecule has 3 rings (SSSR count). The van der Waals surface area contributed by atoms with E-state index in [0.717, 1.165) is 50.3 Å². The molecule has 2 saturated heterocycles. The van der Waals surface area contributed by atoms with Gasteiger partial charge in [0, 0.05) is 30.8 Å². The van der Waals surface area contributed by atoms with E-state index in [4.69, 9.17) is 0 Å². The molecule has 0 aliphatic carbocycles. The van der Waals surface area contributed by atoms with Crippen molar-refractivity contribution in [2.24, 2.45) is 23.7 Å². The number of carbonyl (C=O) groups excluding carboxylic acids is 2. The molecular formula is C24H38ClN3O2. The van der Waals surface area contributed by atoms with Crippen LogP contribution in [0.25, 0.3) is 0 Å². The van der Waals surface area contributed by atoms with Crippen molar-refractivity contribution in [2.75, 3.05) is 31.5 Å². The predicted octanol–water partition coefficient (Wildman–Crippen LogP) is 4.50. The summed E-state index contributed by atoms with van der Waals surface area (Å²) in [6.45, 7) is 12.3. The van der Waals surface area contributed by atoms with Crippen molar-refractivity contribution in [3.63, 3.8) is 0 Å². The molecule has 0 saturated carbocycles. The van der Waals surface area contributed by atoms with Crippen LogP contribution in [0.2, 0.25) is 0 Å². The van der Waals surface area contributed by atoms with E-state index in [2.05, 4.69) is 31.4 Å². The Hall–Kier alpha value is -1.59. The summed E-state index contributed by atoms with van der Waals surface area (Å²) in [6, 6.07) is 5.68. The van der Waals surface area contributed by atoms with Gasteiger partial charge in [-0.1, -0.05) is 26.8 Å². The van der Waals surface area contributed by atoms with Crippen LogP contribution in [0.3, 0.4) is 0 Å². The third-order valence-electron chi connectivity index (χ3n) is 6.61. The molecule has 2 fully saturated rings. The number of halogens is 1. The van der Waals surface area contributed by atoms with Crippen LogP contribution in [-0.4, -0.2) is 42.9 Å². The van der Waals surface area contributed by atoms with E-state index in [-0.39, 0.29) is 24.2 Å². The highest BCUT2D eigenvalue weighted by molar-refractivity contribution is 5.98. The lowest BCUT2D eigenvalue weighted by molar-refractivity contribution is -0.117. The Morgan fingerprint density at radius 1 is 1.17 bits per heavy atom. The highest BCUT2D eigenvalue weighted by atomic mass is 35.5. The van der Waals surface area contributed by atoms with E-state index in [0.29, 0.717) is 35.7 Å². The topological polar surface area (TPSA) is 61.4 Å². The number of amides is 2. The van der Waals surface area contributed by atoms with Gasteiger partial charge in [-0.05, 0) is 80.6 Å². The Labute approximate surface area is 187 Å². The molecule has 30 heavy (non-hydrogen) atoms. The number of carbonyl (C=O) groups is 2. The third-order valence-corrected chi connectivity index (χ3v) is 6.61. The molecule has 0 radical (unpaired) electrons. The molecule has 3 unspecified atom stereocenters. The number of nitrogens with one attached hydrogen (secondary N) is 2. The lowest BCUT2D eigenvalue weighted by Crippen LogP contribution is -2.42. The molecule has 2 amide bonds. The maximum Gasteiger partial charge on any atom is 0.253 e. The van der Waals surface area contributed by atoms with Crippen LogP contribution in [0.15, 0.2) is 18.2 Å². The van der Waals surface area contributed by atoms with Crippen molar-refractivity contribution in [3.05, 3.63) is 29.3 Å². The van der Waals surface area contributed by atoms with Crippen molar-refractivity contribution < 1.29 is 9.59 Å². The Morgan fingerprint density at radius 2 is 1.80 bits per heavy atom. The Kier molecular flexibility index (Phi) is 9.17. The second-order valence-electron chi connectivity index (χ2n) is 9.50. The van der Waals surface area contributed by atoms with Crippen LogP contribution in [0.1, 0.15) is 62.4 Å². The average Bonchev–Trinajstić information content (AvgIpc) is 2.69. The second-order valence-corrected chi connectivity index (χ2v) is 9.50. The van der Waals surface area contributed by atoms with Crippen LogP contribution in [0, 0.1) is 30.6 Å². The lowest BCUT2D eigenvalue weighted by Gasteiger charge is -2.35. The molecule has 168 valence electrons. The van der Waals surface area contributed by atoms with E-state index in [1.54, 1.807) is 0 Å². The summed E-state index contributed by atoms with van der Waals surface area (Å²) in [4.78, 5) is 27.7. The van der Waals surface area contributed by atoms with E-state index >= 15 is 0 Å². The van der Waals surface area contributed by atoms with Crippen molar-refractivity contribution >= 4 is 29.9 Å². The SMILES string of the molecule is Cc1ccc(C(=O)N2CC(C)CC(C)C2)cc1NC(=O)CC(C)C1CCNCC1.Cl. The number of benzene rings is 1. The molecule has 2 aliphatic rings. The van der Waals surface area contributed by atoms with Gasteiger partial charge in [0.05, 0.1) is 0 Å². The van der Waals surface area contributed by atoms with E-state index in [1.807, 2.05) is 30.0 Å². The zero-order chi connectivity index (χ0) is 21.0. The fraction of sp³-hybridized carbons (Fsp3) is 0.667. The summed E-state index contributed by atoms with van der Waals surface area (Å²) in [6.07, 6.45) is 3.99. The zero-order valence-corrected chi connectivity index (χ0v) is 19.7. The van der Waals surface area contributed by atoms with Crippen molar-refractivity contribution in [1.82, 2.24) is 10.2 Å². The number of hydrogen-bond acceptors (Lipinski definition) is 3. The van der Waals surface area contributed by atoms with Gasteiger partial charge >= 0.3 is 0 Å². The van der Waals surface area contributed by atoms with E-state index in [9.17, 15) is 9.59 Å². The minimum atomic E-state index is 0. The third kappa shape index (κ3) is 6.45. The highest BCUT2D eigenvalue weighted by Gasteiger charge is 2.27. The van der Waals surface area contributed by atoms with Gasteiger partial charge in [-0.15, -0.1) is 12.4 Å². The molecule has 3 atom stereocenters. The molecule has 2 aliphatic heterocycles. The van der Waals surface area contributed by atoms with Crippen LogP contribution < -0.4 is 10.6 Å². The number of piperidine rings is 2. The molecule has 2 heterocycles. The quantitative estimate of drug-likeness (QED) is 0.715. The first kappa shape index (κ1) is 24.7. The molecule has 5 nitrogen and oxygen atoms in total. The fourth-order valence-electron chi connectivity index (χ4n) is 4.97. The molecule has 0 aromatic heterocycles. The molecule has 0 spiro atoms. The standard InChI is InChI=1S/C24H37N3O2.ClH/c1-16-11-17(2)15-27(14-16)24(29)21-6-5-18(3)22(13-21)26-23(28)12-19(4)20-7-9-25-10-8-20;/h5-6,13,16-17,19-20,25H,7-12,14-15H2,1-4H3,(H,26,28);1H. The maximum atomic E-state index is 13.0. The normalized spacial score (nSPS) is 23.4. The van der Waals surface area contributed by atoms with Gasteiger partial charge in [0.25, 0.3) is 5.91 Å². The zero-order valence-electron chi connectivity index (χ0n) is 18.9. The van der Waals surface area contributed by atoms with Crippen LogP contribution in [-0.2, 0) is 4.79 Å². The number of nitrogens with zero attached hydrogens (tertiary/aromatic N) is 1. The van der Waals surface area contributed by atoms with Crippen molar-refractivity contribution in [3.8, 4) is 0 Å². The molecule has 1 aromatic rings. The average molecular weight is 436 g/mol. The van der Waals surface area contributed by atoms with Gasteiger partial charge < -0.3 is 15.5 Å². The molecule has 6 heteroatoms. The number of hydrogen-bond donors (Lipinski definition) is 2. The van der Waals surface area contributed by atoms with Gasteiger partial charge in [-0.25, -0.2) is 0 Å². The van der Waals surface area contributed by atoms with E-state index in [1.165, 1.54) is 6.42 Å². The van der Waals surface area contributed by atoms with Gasteiger partial charge in [-0.2, -0.15) is 0 Å². The molecule has 2 N–H and O–H groups in total. The minimum absolute atomic E-state index is 0. The van der Waals surface area contributed by atoms with Gasteiger partial charge in [-0.3, -0.25) is 9.59 Å². The number of aryl methyl sites for hydroxylation is 1.